The van der Waals surface area contributed by atoms with E-state index in [1.807, 2.05) is 36.4 Å². The van der Waals surface area contributed by atoms with Gasteiger partial charge >= 0.3 is 0 Å². The molecule has 0 amide bonds. The van der Waals surface area contributed by atoms with Crippen molar-refractivity contribution >= 4 is 23.6 Å². The first-order valence-corrected chi connectivity index (χ1v) is 15.4. The highest BCUT2D eigenvalue weighted by atomic mass is 28.3. The smallest absolute Gasteiger partial charge is 0.164 e. The number of hydrogen-bond donors (Lipinski definition) is 0. The summed E-state index contributed by atoms with van der Waals surface area (Å²) in [6.45, 7) is 2.47. The van der Waals surface area contributed by atoms with Crippen molar-refractivity contribution in [3.8, 4) is 45.3 Å². The minimum absolute atomic E-state index is 0.682. The van der Waals surface area contributed by atoms with Crippen molar-refractivity contribution in [3.63, 3.8) is 0 Å². The van der Waals surface area contributed by atoms with Gasteiger partial charge in [0.15, 0.2) is 17.5 Å². The van der Waals surface area contributed by atoms with Gasteiger partial charge in [0.1, 0.15) is 8.07 Å². The Labute approximate surface area is 223 Å². The lowest BCUT2D eigenvalue weighted by atomic mass is 9.99. The highest BCUT2D eigenvalue weighted by molar-refractivity contribution is 7.13. The zero-order valence-corrected chi connectivity index (χ0v) is 22.0. The molecular formula is C34H25N3Si. The third-order valence-corrected chi connectivity index (χ3v) is 12.1. The van der Waals surface area contributed by atoms with Crippen LogP contribution >= 0.6 is 0 Å². The molecule has 3 nitrogen and oxygen atoms in total. The summed E-state index contributed by atoms with van der Waals surface area (Å²) in [5, 5.41) is 4.26. The molecule has 38 heavy (non-hydrogen) atoms. The van der Waals surface area contributed by atoms with E-state index in [4.69, 9.17) is 15.0 Å². The van der Waals surface area contributed by atoms with Crippen LogP contribution in [0.4, 0.5) is 0 Å². The van der Waals surface area contributed by atoms with E-state index in [1.165, 1.54) is 26.7 Å². The summed E-state index contributed by atoms with van der Waals surface area (Å²) in [5.74, 6) is 2.07. The van der Waals surface area contributed by atoms with Crippen LogP contribution in [0.5, 0.6) is 0 Å². The van der Waals surface area contributed by atoms with E-state index in [1.54, 1.807) is 0 Å². The first-order chi connectivity index (χ1) is 18.7. The maximum Gasteiger partial charge on any atom is 0.164 e. The molecule has 0 saturated carbocycles. The molecule has 180 valence electrons. The van der Waals surface area contributed by atoms with E-state index in [2.05, 4.69) is 104 Å². The summed E-state index contributed by atoms with van der Waals surface area (Å²) in [5.41, 5.74) is 5.55. The molecule has 7 rings (SSSR count). The number of hydrogen-bond acceptors (Lipinski definition) is 3. The first-order valence-electron chi connectivity index (χ1n) is 12.9. The predicted octanol–water partition coefficient (Wildman–Crippen LogP) is 5.95. The Kier molecular flexibility index (Phi) is 5.34. The van der Waals surface area contributed by atoms with Crippen LogP contribution in [0.15, 0.2) is 133 Å². The highest BCUT2D eigenvalue weighted by Gasteiger charge is 2.44. The van der Waals surface area contributed by atoms with Gasteiger partial charge in [0.2, 0.25) is 0 Å². The zero-order valence-electron chi connectivity index (χ0n) is 21.0. The van der Waals surface area contributed by atoms with Crippen molar-refractivity contribution in [1.82, 2.24) is 15.0 Å². The van der Waals surface area contributed by atoms with Gasteiger partial charge in [-0.15, -0.1) is 0 Å². The molecule has 6 aromatic rings. The van der Waals surface area contributed by atoms with Gasteiger partial charge < -0.3 is 0 Å². The third kappa shape index (κ3) is 3.53. The highest BCUT2D eigenvalue weighted by Crippen LogP contribution is 2.36. The Hall–Kier alpha value is -4.67. The molecule has 5 aromatic carbocycles. The predicted molar refractivity (Wildman–Crippen MR) is 159 cm³/mol. The molecule has 2 heterocycles. The van der Waals surface area contributed by atoms with Crippen LogP contribution in [-0.4, -0.2) is 23.0 Å². The molecule has 1 aliphatic heterocycles. The molecule has 0 fully saturated rings. The van der Waals surface area contributed by atoms with Crippen LogP contribution < -0.4 is 15.6 Å². The van der Waals surface area contributed by atoms with Gasteiger partial charge in [-0.1, -0.05) is 140 Å². The van der Waals surface area contributed by atoms with Gasteiger partial charge in [0.25, 0.3) is 0 Å². The Morgan fingerprint density at radius 1 is 0.421 bits per heavy atom. The molecule has 0 saturated heterocycles. The van der Waals surface area contributed by atoms with Crippen LogP contribution in [0.1, 0.15) is 0 Å². The Balaban J connectivity index is 1.51. The fourth-order valence-corrected chi connectivity index (χ4v) is 9.89. The van der Waals surface area contributed by atoms with Crippen molar-refractivity contribution in [2.75, 3.05) is 0 Å². The van der Waals surface area contributed by atoms with Gasteiger partial charge in [-0.05, 0) is 26.7 Å². The second kappa shape index (κ2) is 9.01. The maximum absolute atomic E-state index is 5.06. The van der Waals surface area contributed by atoms with E-state index in [0.29, 0.717) is 17.5 Å². The first kappa shape index (κ1) is 22.5. The van der Waals surface area contributed by atoms with Crippen molar-refractivity contribution < 1.29 is 0 Å². The number of benzene rings is 5. The largest absolute Gasteiger partial charge is 0.208 e. The number of nitrogens with zero attached hydrogens (tertiary/aromatic N) is 3. The number of rotatable bonds is 4. The van der Waals surface area contributed by atoms with Crippen LogP contribution in [0, 0.1) is 0 Å². The van der Waals surface area contributed by atoms with Crippen molar-refractivity contribution in [2.24, 2.45) is 0 Å². The van der Waals surface area contributed by atoms with E-state index in [9.17, 15) is 0 Å². The maximum atomic E-state index is 5.06. The zero-order chi connectivity index (χ0) is 25.5. The van der Waals surface area contributed by atoms with Crippen molar-refractivity contribution in [1.29, 1.82) is 0 Å². The second-order valence-electron chi connectivity index (χ2n) is 9.80. The van der Waals surface area contributed by atoms with E-state index >= 15 is 0 Å². The number of aromatic nitrogens is 3. The SMILES string of the molecule is C[Si]1(c2ccccc2)c2ccccc2-c2c(-c3nc(-c4ccccc4)nc(-c4ccccc4)n3)cccc21. The minimum Gasteiger partial charge on any atom is -0.208 e. The van der Waals surface area contributed by atoms with Gasteiger partial charge in [0.05, 0.1) is 0 Å². The third-order valence-electron chi connectivity index (χ3n) is 7.63. The second-order valence-corrected chi connectivity index (χ2v) is 13.7. The quantitative estimate of drug-likeness (QED) is 0.279. The fraction of sp³-hybridized carbons (Fsp3) is 0.0294. The molecular weight excluding hydrogens is 478 g/mol. The molecule has 1 unspecified atom stereocenters. The normalized spacial score (nSPS) is 15.6. The van der Waals surface area contributed by atoms with Crippen LogP contribution in [0.2, 0.25) is 6.55 Å². The molecule has 4 heteroatoms. The van der Waals surface area contributed by atoms with Gasteiger partial charge in [-0.2, -0.15) is 0 Å². The summed E-state index contributed by atoms with van der Waals surface area (Å²) < 4.78 is 0. The monoisotopic (exact) mass is 503 g/mol. The van der Waals surface area contributed by atoms with E-state index < -0.39 is 8.07 Å². The van der Waals surface area contributed by atoms with Crippen LogP contribution in [0.25, 0.3) is 45.3 Å². The van der Waals surface area contributed by atoms with Crippen molar-refractivity contribution in [2.45, 2.75) is 6.55 Å². The Morgan fingerprint density at radius 3 is 1.53 bits per heavy atom. The molecule has 0 radical (unpaired) electrons. The summed E-state index contributed by atoms with van der Waals surface area (Å²) >= 11 is 0. The summed E-state index contributed by atoms with van der Waals surface area (Å²) in [7, 11) is -2.19. The topological polar surface area (TPSA) is 38.7 Å². The summed E-state index contributed by atoms with van der Waals surface area (Å²) in [6, 6.07) is 46.8. The molecule has 0 spiro atoms. The van der Waals surface area contributed by atoms with E-state index in [0.717, 1.165) is 16.7 Å². The standard InChI is InChI=1S/C34H25N3Si/c1-38(26-18-9-4-10-19-26)29-22-12-11-20-27(29)31-28(21-13-23-30(31)38)34-36-32(24-14-5-2-6-15-24)35-33(37-34)25-16-7-3-8-17-25/h2-23H,1H3. The van der Waals surface area contributed by atoms with Gasteiger partial charge in [-0.3, -0.25) is 0 Å². The van der Waals surface area contributed by atoms with Gasteiger partial charge in [-0.25, -0.2) is 15.0 Å². The van der Waals surface area contributed by atoms with Crippen molar-refractivity contribution in [3.05, 3.63) is 133 Å². The van der Waals surface area contributed by atoms with Crippen LogP contribution in [-0.2, 0) is 0 Å². The lowest BCUT2D eigenvalue weighted by Crippen LogP contribution is -2.62. The molecule has 1 atom stereocenters. The average Bonchev–Trinajstić information content (AvgIpc) is 3.28. The van der Waals surface area contributed by atoms with E-state index in [-0.39, 0.29) is 0 Å². The van der Waals surface area contributed by atoms with Gasteiger partial charge in [0, 0.05) is 16.7 Å². The van der Waals surface area contributed by atoms with Crippen LogP contribution in [0.3, 0.4) is 0 Å². The Bertz CT molecular complexity index is 1710. The lowest BCUT2D eigenvalue weighted by Gasteiger charge is -2.25. The molecule has 0 N–H and O–H groups in total. The molecule has 1 aromatic heterocycles. The molecule has 1 aliphatic rings. The Morgan fingerprint density at radius 2 is 0.895 bits per heavy atom. The minimum atomic E-state index is -2.19. The molecule has 0 bridgehead atoms. The summed E-state index contributed by atoms with van der Waals surface area (Å²) in [4.78, 5) is 15.0. The summed E-state index contributed by atoms with van der Waals surface area (Å²) in [6.07, 6.45) is 0. The lowest BCUT2D eigenvalue weighted by molar-refractivity contribution is 1.07. The average molecular weight is 504 g/mol. The number of fused-ring (bicyclic) bond motifs is 3. The molecule has 0 aliphatic carbocycles. The fourth-order valence-electron chi connectivity index (χ4n) is 5.74.